The molecule has 41 heavy (non-hydrogen) atoms. The van der Waals surface area contributed by atoms with E-state index in [0.29, 0.717) is 38.1 Å². The number of likely N-dealkylation sites (tertiary alicyclic amines) is 1. The van der Waals surface area contributed by atoms with Crippen molar-refractivity contribution in [3.05, 3.63) is 42.2 Å². The first-order chi connectivity index (χ1) is 19.9. The Bertz CT molecular complexity index is 1180. The van der Waals surface area contributed by atoms with Gasteiger partial charge in [-0.2, -0.15) is 5.26 Å². The van der Waals surface area contributed by atoms with Crippen molar-refractivity contribution in [3.63, 3.8) is 0 Å². The predicted octanol–water partition coefficient (Wildman–Crippen LogP) is 3.30. The van der Waals surface area contributed by atoms with Crippen molar-refractivity contribution in [1.82, 2.24) is 25.3 Å². The second-order valence-corrected chi connectivity index (χ2v) is 14.0. The molecule has 6 unspecified atom stereocenters. The van der Waals surface area contributed by atoms with Gasteiger partial charge in [0.15, 0.2) is 6.35 Å². The zero-order valence-corrected chi connectivity index (χ0v) is 24.9. The van der Waals surface area contributed by atoms with Crippen molar-refractivity contribution in [2.75, 3.05) is 39.8 Å². The van der Waals surface area contributed by atoms with Gasteiger partial charge in [-0.3, -0.25) is 20.3 Å². The van der Waals surface area contributed by atoms with Crippen LogP contribution in [0.25, 0.3) is 0 Å². The molecule has 4 aliphatic heterocycles. The van der Waals surface area contributed by atoms with Crippen molar-refractivity contribution < 1.29 is 13.9 Å². The third kappa shape index (κ3) is 5.95. The molecule has 1 aromatic rings. The first-order valence-electron chi connectivity index (χ1n) is 15.2. The number of nitriles is 1. The van der Waals surface area contributed by atoms with E-state index in [4.69, 9.17) is 4.74 Å². The van der Waals surface area contributed by atoms with Gasteiger partial charge in [-0.15, -0.1) is 11.8 Å². The van der Waals surface area contributed by atoms with E-state index in [0.717, 1.165) is 62.1 Å². The molecule has 0 aromatic heterocycles. The van der Waals surface area contributed by atoms with E-state index in [-0.39, 0.29) is 41.1 Å². The molecule has 222 valence electrons. The number of amides is 1. The van der Waals surface area contributed by atoms with Gasteiger partial charge in [0.1, 0.15) is 5.82 Å². The van der Waals surface area contributed by atoms with E-state index in [1.807, 2.05) is 17.8 Å². The summed E-state index contributed by atoms with van der Waals surface area (Å²) in [5.74, 6) is 0.187. The number of rotatable bonds is 6. The first-order valence-corrected chi connectivity index (χ1v) is 16.1. The van der Waals surface area contributed by atoms with Crippen molar-refractivity contribution >= 4 is 17.7 Å². The summed E-state index contributed by atoms with van der Waals surface area (Å²) >= 11 is 1.88. The van der Waals surface area contributed by atoms with Crippen molar-refractivity contribution in [2.24, 2.45) is 5.92 Å². The summed E-state index contributed by atoms with van der Waals surface area (Å²) in [6.45, 7) is 7.44. The number of likely N-dealkylation sites (N-methyl/N-ethyl adjacent to an activating group) is 1. The second-order valence-electron chi connectivity index (χ2n) is 12.5. The van der Waals surface area contributed by atoms with Crippen LogP contribution in [0.2, 0.25) is 0 Å². The van der Waals surface area contributed by atoms with Gasteiger partial charge < -0.3 is 14.5 Å². The average molecular weight is 583 g/mol. The van der Waals surface area contributed by atoms with E-state index < -0.39 is 0 Å². The Morgan fingerprint density at radius 2 is 2.15 bits per heavy atom. The molecule has 6 rings (SSSR count). The van der Waals surface area contributed by atoms with Crippen LogP contribution in [0.4, 0.5) is 4.39 Å². The van der Waals surface area contributed by atoms with Gasteiger partial charge in [-0.25, -0.2) is 4.39 Å². The minimum Gasteiger partial charge on any atom is -0.348 e. The van der Waals surface area contributed by atoms with Crippen LogP contribution in [0.3, 0.4) is 0 Å². The van der Waals surface area contributed by atoms with Gasteiger partial charge in [0.05, 0.1) is 31.3 Å². The second kappa shape index (κ2) is 12.3. The Labute approximate surface area is 247 Å². The van der Waals surface area contributed by atoms with E-state index in [1.165, 1.54) is 12.5 Å². The number of piperazine rings is 1. The number of hydrogen-bond donors (Lipinski definition) is 2. The third-order valence-electron chi connectivity index (χ3n) is 10.2. The van der Waals surface area contributed by atoms with Gasteiger partial charge in [0, 0.05) is 52.8 Å². The Hall–Kier alpha value is -2.00. The minimum atomic E-state index is -0.272. The van der Waals surface area contributed by atoms with Crippen molar-refractivity contribution in [1.29, 1.82) is 5.26 Å². The molecular weight excluding hydrogens is 539 g/mol. The first kappa shape index (κ1) is 29.1. The lowest BCUT2D eigenvalue weighted by molar-refractivity contribution is -0.135. The number of thioether (sulfide) groups is 1. The fourth-order valence-corrected chi connectivity index (χ4v) is 9.51. The molecule has 0 bridgehead atoms. The average Bonchev–Trinajstić information content (AvgIpc) is 3.39. The highest BCUT2D eigenvalue weighted by Gasteiger charge is 2.50. The van der Waals surface area contributed by atoms with Crippen molar-refractivity contribution in [3.8, 4) is 6.07 Å². The number of nitrogens with one attached hydrogen (secondary N) is 2. The smallest absolute Gasteiger partial charge is 0.246 e. The molecule has 1 spiro atoms. The fourth-order valence-electron chi connectivity index (χ4n) is 7.89. The van der Waals surface area contributed by atoms with Crippen LogP contribution >= 0.6 is 11.8 Å². The zero-order valence-electron chi connectivity index (χ0n) is 24.1. The molecule has 1 aromatic carbocycles. The van der Waals surface area contributed by atoms with Gasteiger partial charge in [0.2, 0.25) is 5.91 Å². The standard InChI is InChI=1S/C31H43FN6O2S/c1-3-28(39)38-17-16-37(19-21(38)11-14-33)29-24-10-13-31(12-9-23-25(32)7-4-8-27(23)41-31)18-26(24)34-30(35-29)40-20-22-6-5-15-36(22)2/h3-4,7-8,21-22,24,26,29-30,34-35H,1,5-6,9-13,15-20H2,2H3/t21?,22?,24?,26?,29?,30?,31-/m1/s1. The van der Waals surface area contributed by atoms with E-state index in [2.05, 4.69) is 46.2 Å². The normalized spacial score (nSPS) is 36.0. The SMILES string of the molecule is C=CC(=O)N1CCN(C2NC(OCC3CCCN3C)NC3C[C@@]4(CCc5c(F)cccc5S4)CCC32)CC1CC#N. The van der Waals surface area contributed by atoms with Crippen LogP contribution in [0.5, 0.6) is 0 Å². The lowest BCUT2D eigenvalue weighted by Crippen LogP contribution is -2.72. The number of ether oxygens (including phenoxy) is 1. The summed E-state index contributed by atoms with van der Waals surface area (Å²) in [6, 6.07) is 8.33. The highest BCUT2D eigenvalue weighted by Crippen LogP contribution is 2.53. The molecule has 4 fully saturated rings. The summed E-state index contributed by atoms with van der Waals surface area (Å²) in [7, 11) is 2.17. The number of carbonyl (C=O) groups is 1. The molecule has 4 heterocycles. The fraction of sp³-hybridized carbons (Fsp3) is 0.677. The van der Waals surface area contributed by atoms with Crippen molar-refractivity contribution in [2.45, 2.75) is 91.7 Å². The summed E-state index contributed by atoms with van der Waals surface area (Å²) in [4.78, 5) is 20.3. The lowest BCUT2D eigenvalue weighted by atomic mass is 9.72. The maximum Gasteiger partial charge on any atom is 0.246 e. The summed E-state index contributed by atoms with van der Waals surface area (Å²) in [5, 5.41) is 17.2. The molecule has 0 radical (unpaired) electrons. The van der Waals surface area contributed by atoms with E-state index in [1.54, 1.807) is 11.0 Å². The predicted molar refractivity (Wildman–Crippen MR) is 157 cm³/mol. The number of carbonyl (C=O) groups excluding carboxylic acids is 1. The van der Waals surface area contributed by atoms with Crippen LogP contribution in [-0.4, -0.2) is 95.8 Å². The van der Waals surface area contributed by atoms with Crippen LogP contribution in [0, 0.1) is 23.1 Å². The molecular formula is C31H43FN6O2S. The van der Waals surface area contributed by atoms with E-state index in [9.17, 15) is 14.4 Å². The van der Waals surface area contributed by atoms with Crippen LogP contribution in [0.15, 0.2) is 35.7 Å². The molecule has 10 heteroatoms. The molecule has 2 N–H and O–H groups in total. The molecule has 1 saturated carbocycles. The number of hydrogen-bond acceptors (Lipinski definition) is 8. The summed E-state index contributed by atoms with van der Waals surface area (Å²) < 4.78 is 21.1. The van der Waals surface area contributed by atoms with Gasteiger partial charge in [-0.1, -0.05) is 12.6 Å². The number of benzene rings is 1. The third-order valence-corrected chi connectivity index (χ3v) is 11.8. The Morgan fingerprint density at radius 3 is 2.93 bits per heavy atom. The number of halogens is 1. The Morgan fingerprint density at radius 1 is 1.27 bits per heavy atom. The van der Waals surface area contributed by atoms with Crippen LogP contribution in [-0.2, 0) is 16.0 Å². The maximum atomic E-state index is 14.5. The van der Waals surface area contributed by atoms with Gasteiger partial charge in [0.25, 0.3) is 0 Å². The zero-order chi connectivity index (χ0) is 28.6. The molecule has 7 atom stereocenters. The highest BCUT2D eigenvalue weighted by molar-refractivity contribution is 8.00. The summed E-state index contributed by atoms with van der Waals surface area (Å²) in [6.07, 6.45) is 8.77. The maximum absolute atomic E-state index is 14.5. The molecule has 1 amide bonds. The molecule has 3 saturated heterocycles. The molecule has 8 nitrogen and oxygen atoms in total. The monoisotopic (exact) mass is 582 g/mol. The lowest BCUT2D eigenvalue weighted by Gasteiger charge is -2.56. The quantitative estimate of drug-likeness (QED) is 0.495. The highest BCUT2D eigenvalue weighted by atomic mass is 32.2. The molecule has 1 aliphatic carbocycles. The van der Waals surface area contributed by atoms with Crippen LogP contribution < -0.4 is 10.6 Å². The summed E-state index contributed by atoms with van der Waals surface area (Å²) in [5.41, 5.74) is 0.874. The van der Waals surface area contributed by atoms with Gasteiger partial charge >= 0.3 is 0 Å². The van der Waals surface area contributed by atoms with E-state index >= 15 is 0 Å². The van der Waals surface area contributed by atoms with Crippen LogP contribution in [0.1, 0.15) is 50.5 Å². The number of nitrogens with zero attached hydrogens (tertiary/aromatic N) is 4. The molecule has 5 aliphatic rings. The number of fused-ring (bicyclic) bond motifs is 2. The van der Waals surface area contributed by atoms with Gasteiger partial charge in [-0.05, 0) is 76.7 Å². The topological polar surface area (TPSA) is 83.9 Å². The largest absolute Gasteiger partial charge is 0.348 e. The minimum absolute atomic E-state index is 0.0788. The Balaban J connectivity index is 1.21. The Kier molecular flexibility index (Phi) is 8.74.